The summed E-state index contributed by atoms with van der Waals surface area (Å²) in [6.07, 6.45) is 5.09. The lowest BCUT2D eigenvalue weighted by Crippen LogP contribution is -2.37. The van der Waals surface area contributed by atoms with Crippen molar-refractivity contribution in [2.45, 2.75) is 46.2 Å². The molecule has 1 aliphatic rings. The fourth-order valence-electron chi connectivity index (χ4n) is 3.42. The number of nitrogens with zero attached hydrogens (tertiary/aromatic N) is 4. The van der Waals surface area contributed by atoms with Gasteiger partial charge in [0.2, 0.25) is 5.88 Å². The smallest absolute Gasteiger partial charge is 0.270 e. The molecule has 0 radical (unpaired) electrons. The molecule has 30 heavy (non-hydrogen) atoms. The molecule has 0 aliphatic heterocycles. The van der Waals surface area contributed by atoms with Gasteiger partial charge < -0.3 is 15.7 Å². The zero-order valence-electron chi connectivity index (χ0n) is 17.6. The third kappa shape index (κ3) is 3.62. The number of hydrogen-bond donors (Lipinski definition) is 3. The summed E-state index contributed by atoms with van der Waals surface area (Å²) < 4.78 is 2.77. The molecule has 1 fully saturated rings. The molecule has 0 saturated heterocycles. The van der Waals surface area contributed by atoms with Gasteiger partial charge in [0.25, 0.3) is 11.5 Å². The molecule has 0 aromatic carbocycles. The minimum atomic E-state index is -0.570. The highest BCUT2D eigenvalue weighted by molar-refractivity contribution is 5.96. The number of nitrogens with one attached hydrogen (secondary N) is 2. The van der Waals surface area contributed by atoms with Gasteiger partial charge in [0.15, 0.2) is 5.56 Å². The number of hydrogen-bond acceptors (Lipinski definition) is 6. The predicted molar refractivity (Wildman–Crippen MR) is 114 cm³/mol. The molecule has 0 spiro atoms. The number of anilines is 1. The van der Waals surface area contributed by atoms with E-state index < -0.39 is 17.3 Å². The third-order valence-corrected chi connectivity index (χ3v) is 4.99. The molecule has 0 unspecified atom stereocenters. The maximum atomic E-state index is 13.3. The third-order valence-electron chi connectivity index (χ3n) is 4.99. The first-order valence-corrected chi connectivity index (χ1v) is 9.98. The van der Waals surface area contributed by atoms with Gasteiger partial charge in [0.05, 0.1) is 5.69 Å². The van der Waals surface area contributed by atoms with Crippen LogP contribution < -0.4 is 16.2 Å². The van der Waals surface area contributed by atoms with Gasteiger partial charge in [-0.1, -0.05) is 20.8 Å². The van der Waals surface area contributed by atoms with E-state index in [1.54, 1.807) is 25.5 Å². The number of aromatic nitrogens is 4. The fraction of sp³-hybridized carbons (Fsp3) is 0.429. The van der Waals surface area contributed by atoms with E-state index in [4.69, 9.17) is 0 Å². The highest BCUT2D eigenvalue weighted by atomic mass is 16.3. The van der Waals surface area contributed by atoms with Crippen LogP contribution in [-0.4, -0.2) is 43.3 Å². The zero-order valence-corrected chi connectivity index (χ0v) is 17.6. The average molecular weight is 410 g/mol. The van der Waals surface area contributed by atoms with Crippen LogP contribution >= 0.6 is 0 Å². The molecule has 3 aromatic rings. The average Bonchev–Trinajstić information content (AvgIpc) is 3.38. The Bertz CT molecular complexity index is 1180. The lowest BCUT2D eigenvalue weighted by molar-refractivity contribution is 0.0944. The summed E-state index contributed by atoms with van der Waals surface area (Å²) in [4.78, 5) is 30.2. The molecule has 0 atom stereocenters. The van der Waals surface area contributed by atoms with E-state index in [0.29, 0.717) is 17.9 Å². The summed E-state index contributed by atoms with van der Waals surface area (Å²) >= 11 is 0. The Kier molecular flexibility index (Phi) is 4.76. The molecule has 3 aromatic heterocycles. The van der Waals surface area contributed by atoms with Gasteiger partial charge in [-0.25, -0.2) is 0 Å². The first-order chi connectivity index (χ1) is 14.2. The van der Waals surface area contributed by atoms with Gasteiger partial charge in [0, 0.05) is 49.3 Å². The van der Waals surface area contributed by atoms with Gasteiger partial charge in [-0.3, -0.25) is 19.1 Å². The van der Waals surface area contributed by atoms with Crippen molar-refractivity contribution in [3.8, 4) is 17.1 Å². The Hall–Kier alpha value is -3.36. The number of carbonyl (C=O) groups excluding carboxylic acids is 1. The second-order valence-electron chi connectivity index (χ2n) is 8.87. The zero-order chi connectivity index (χ0) is 21.6. The van der Waals surface area contributed by atoms with Crippen LogP contribution in [0.2, 0.25) is 0 Å². The van der Waals surface area contributed by atoms with Crippen molar-refractivity contribution in [3.05, 3.63) is 40.4 Å². The monoisotopic (exact) mass is 410 g/mol. The van der Waals surface area contributed by atoms with E-state index in [2.05, 4.69) is 20.7 Å². The van der Waals surface area contributed by atoms with Crippen molar-refractivity contribution in [1.29, 1.82) is 0 Å². The summed E-state index contributed by atoms with van der Waals surface area (Å²) in [7, 11) is 1.79. The van der Waals surface area contributed by atoms with Crippen LogP contribution in [0.15, 0.2) is 29.3 Å². The first-order valence-electron chi connectivity index (χ1n) is 9.98. The molecule has 1 aliphatic carbocycles. The second kappa shape index (κ2) is 7.16. The molecule has 0 bridgehead atoms. The van der Waals surface area contributed by atoms with E-state index in [-0.39, 0.29) is 17.0 Å². The van der Waals surface area contributed by atoms with E-state index in [1.165, 1.54) is 9.08 Å². The van der Waals surface area contributed by atoms with Crippen molar-refractivity contribution in [2.75, 3.05) is 12.4 Å². The SMILES string of the molecule is CNc1ccncc1-c1cc2n(CC(C)(C)C)c(=O)c(C(=O)NC3CC3)c(O)n2n1. The molecule has 1 saturated carbocycles. The van der Waals surface area contributed by atoms with E-state index in [0.717, 1.165) is 24.1 Å². The molecule has 3 N–H and O–H groups in total. The maximum Gasteiger partial charge on any atom is 0.270 e. The lowest BCUT2D eigenvalue weighted by Gasteiger charge is -2.21. The van der Waals surface area contributed by atoms with Crippen LogP contribution in [0.5, 0.6) is 5.88 Å². The first kappa shape index (κ1) is 19.9. The number of pyridine rings is 1. The molecule has 1 amide bonds. The number of carbonyl (C=O) groups is 1. The van der Waals surface area contributed by atoms with Gasteiger partial charge in [-0.2, -0.15) is 9.61 Å². The lowest BCUT2D eigenvalue weighted by atomic mass is 9.97. The normalized spacial score (nSPS) is 14.1. The van der Waals surface area contributed by atoms with Crippen molar-refractivity contribution in [3.63, 3.8) is 0 Å². The van der Waals surface area contributed by atoms with Crippen LogP contribution in [0.1, 0.15) is 44.0 Å². The van der Waals surface area contributed by atoms with E-state index >= 15 is 0 Å². The topological polar surface area (TPSA) is 114 Å². The summed E-state index contributed by atoms with van der Waals surface area (Å²) in [6.45, 7) is 6.37. The fourth-order valence-corrected chi connectivity index (χ4v) is 3.42. The van der Waals surface area contributed by atoms with Crippen LogP contribution in [-0.2, 0) is 6.54 Å². The number of fused-ring (bicyclic) bond motifs is 1. The largest absolute Gasteiger partial charge is 0.492 e. The molecule has 9 heteroatoms. The van der Waals surface area contributed by atoms with Crippen molar-refractivity contribution >= 4 is 17.2 Å². The summed E-state index contributed by atoms with van der Waals surface area (Å²) in [5, 5.41) is 21.2. The van der Waals surface area contributed by atoms with E-state index in [1.807, 2.05) is 26.8 Å². The van der Waals surface area contributed by atoms with Crippen LogP contribution in [0, 0.1) is 5.41 Å². The standard InChI is InChI=1S/C21H26N6O3/c1-21(2,3)11-26-16-9-15(13-10-23-8-7-14(13)22-4)25-27(16)20(30)17(19(26)29)18(28)24-12-5-6-12/h7-10,12,30H,5-6,11H2,1-4H3,(H,22,23)(H,24,28). The number of amides is 1. The Balaban J connectivity index is 1.96. The molecular weight excluding hydrogens is 384 g/mol. The molecule has 4 rings (SSSR count). The van der Waals surface area contributed by atoms with Crippen LogP contribution in [0.25, 0.3) is 16.9 Å². The number of aromatic hydroxyl groups is 1. The van der Waals surface area contributed by atoms with Crippen LogP contribution in [0.4, 0.5) is 5.69 Å². The van der Waals surface area contributed by atoms with Gasteiger partial charge in [0.1, 0.15) is 5.65 Å². The Morgan fingerprint density at radius 3 is 2.70 bits per heavy atom. The highest BCUT2D eigenvalue weighted by Gasteiger charge is 2.30. The molecular formula is C21H26N6O3. The summed E-state index contributed by atoms with van der Waals surface area (Å²) in [5.41, 5.74) is 1.43. The quantitative estimate of drug-likeness (QED) is 0.595. The Labute approximate surface area is 173 Å². The van der Waals surface area contributed by atoms with Gasteiger partial charge in [-0.15, -0.1) is 0 Å². The molecule has 158 valence electrons. The predicted octanol–water partition coefficient (Wildman–Crippen LogP) is 2.24. The Morgan fingerprint density at radius 2 is 2.07 bits per heavy atom. The minimum Gasteiger partial charge on any atom is -0.492 e. The molecule has 3 heterocycles. The Morgan fingerprint density at radius 1 is 1.33 bits per heavy atom. The van der Waals surface area contributed by atoms with Crippen LogP contribution in [0.3, 0.4) is 0 Å². The second-order valence-corrected chi connectivity index (χ2v) is 8.87. The van der Waals surface area contributed by atoms with Crippen molar-refractivity contribution in [2.24, 2.45) is 5.41 Å². The maximum absolute atomic E-state index is 13.3. The number of rotatable bonds is 5. The van der Waals surface area contributed by atoms with Crippen molar-refractivity contribution in [1.82, 2.24) is 24.5 Å². The van der Waals surface area contributed by atoms with Gasteiger partial charge in [-0.05, 0) is 24.3 Å². The van der Waals surface area contributed by atoms with Gasteiger partial charge >= 0.3 is 0 Å². The minimum absolute atomic E-state index is 0.0600. The van der Waals surface area contributed by atoms with E-state index in [9.17, 15) is 14.7 Å². The van der Waals surface area contributed by atoms with Crippen molar-refractivity contribution < 1.29 is 9.90 Å². The highest BCUT2D eigenvalue weighted by Crippen LogP contribution is 2.29. The molecule has 9 nitrogen and oxygen atoms in total. The summed E-state index contributed by atoms with van der Waals surface area (Å²) in [6, 6.07) is 3.60. The summed E-state index contributed by atoms with van der Waals surface area (Å²) in [5.74, 6) is -1.03.